The Bertz CT molecular complexity index is 1210. The van der Waals surface area contributed by atoms with Crippen molar-refractivity contribution in [2.75, 3.05) is 10.2 Å². The number of anilines is 2. The van der Waals surface area contributed by atoms with Crippen LogP contribution in [0.15, 0.2) is 53.0 Å². The van der Waals surface area contributed by atoms with Gasteiger partial charge in [0.05, 0.1) is 22.5 Å². The molecule has 5 nitrogen and oxygen atoms in total. The van der Waals surface area contributed by atoms with Gasteiger partial charge in [-0.25, -0.2) is 4.90 Å². The number of benzene rings is 2. The SMILES string of the molecule is Cc1c(NC(=O)c2cccc(N3C(=O)[C@H]4[C@@H]5C=C[C@H]([C@H]6C[C@H]56)[C@@H]4C3=O)c2)ccc(Br)c1Cl. The van der Waals surface area contributed by atoms with E-state index in [-0.39, 0.29) is 41.4 Å². The largest absolute Gasteiger partial charge is 0.322 e. The first-order valence-electron chi connectivity index (χ1n) is 10.8. The van der Waals surface area contributed by atoms with Gasteiger partial charge in [-0.2, -0.15) is 0 Å². The lowest BCUT2D eigenvalue weighted by Crippen LogP contribution is -2.40. The number of nitrogens with zero attached hydrogens (tertiary/aromatic N) is 1. The summed E-state index contributed by atoms with van der Waals surface area (Å²) in [4.78, 5) is 40.9. The molecule has 6 atom stereocenters. The van der Waals surface area contributed by atoms with Gasteiger partial charge in [0, 0.05) is 15.7 Å². The lowest BCUT2D eigenvalue weighted by atomic mass is 9.63. The van der Waals surface area contributed by atoms with Gasteiger partial charge in [0.25, 0.3) is 5.91 Å². The standard InChI is InChI=1S/C25H20BrClN2O3/c1-11-19(8-7-18(26)22(11)27)28-23(30)12-3-2-4-13(9-12)29-24(31)20-14-5-6-15(17-10-16(14)17)21(20)25(29)32/h2-9,14-17,20-21H,10H2,1H3,(H,28,30)/t14-,15-,16-,17-,20+,21+/m1/s1. The second-order valence-corrected chi connectivity index (χ2v) is 10.4. The van der Waals surface area contributed by atoms with Crippen molar-refractivity contribution >= 4 is 56.6 Å². The second-order valence-electron chi connectivity index (χ2n) is 9.20. The number of carbonyl (C=O) groups is 3. The van der Waals surface area contributed by atoms with Crippen molar-refractivity contribution in [3.05, 3.63) is 69.2 Å². The fourth-order valence-electron chi connectivity index (χ4n) is 5.98. The third-order valence-corrected chi connectivity index (χ3v) is 8.99. The maximum atomic E-state index is 13.3. The van der Waals surface area contributed by atoms with Gasteiger partial charge in [-0.15, -0.1) is 0 Å². The minimum Gasteiger partial charge on any atom is -0.322 e. The molecule has 0 radical (unpaired) electrons. The maximum absolute atomic E-state index is 13.3. The Balaban J connectivity index is 1.28. The van der Waals surface area contributed by atoms with Crippen LogP contribution in [-0.4, -0.2) is 17.7 Å². The molecule has 3 fully saturated rings. The summed E-state index contributed by atoms with van der Waals surface area (Å²) in [5.74, 6) is 0.365. The van der Waals surface area contributed by atoms with Gasteiger partial charge in [0.15, 0.2) is 0 Å². The van der Waals surface area contributed by atoms with Gasteiger partial charge in [-0.3, -0.25) is 14.4 Å². The van der Waals surface area contributed by atoms with E-state index >= 15 is 0 Å². The number of carbonyl (C=O) groups excluding carboxylic acids is 3. The van der Waals surface area contributed by atoms with E-state index in [4.69, 9.17) is 11.6 Å². The number of rotatable bonds is 3. The summed E-state index contributed by atoms with van der Waals surface area (Å²) >= 11 is 9.65. The van der Waals surface area contributed by atoms with Crippen molar-refractivity contribution < 1.29 is 14.4 Å². The molecule has 2 aromatic rings. The average molecular weight is 512 g/mol. The van der Waals surface area contributed by atoms with Gasteiger partial charge in [-0.05, 0) is 88.8 Å². The van der Waals surface area contributed by atoms with Gasteiger partial charge in [-0.1, -0.05) is 29.8 Å². The predicted octanol–water partition coefficient (Wildman–Crippen LogP) is 5.22. The molecule has 1 saturated heterocycles. The molecule has 162 valence electrons. The normalized spacial score (nSPS) is 31.5. The second kappa shape index (κ2) is 7.03. The molecule has 3 amide bonds. The van der Waals surface area contributed by atoms with Crippen molar-refractivity contribution in [2.24, 2.45) is 35.5 Å². The van der Waals surface area contributed by atoms with Crippen LogP contribution in [0.3, 0.4) is 0 Å². The van der Waals surface area contributed by atoms with E-state index in [1.807, 2.05) is 6.92 Å². The van der Waals surface area contributed by atoms with E-state index in [0.29, 0.717) is 33.8 Å². The van der Waals surface area contributed by atoms with Crippen molar-refractivity contribution in [3.63, 3.8) is 0 Å². The molecule has 4 aliphatic carbocycles. The van der Waals surface area contributed by atoms with Crippen LogP contribution in [0.1, 0.15) is 22.3 Å². The van der Waals surface area contributed by atoms with E-state index in [1.165, 1.54) is 4.90 Å². The van der Waals surface area contributed by atoms with Gasteiger partial charge in [0.1, 0.15) is 0 Å². The van der Waals surface area contributed by atoms with Crippen molar-refractivity contribution in [1.82, 2.24) is 0 Å². The molecular weight excluding hydrogens is 492 g/mol. The van der Waals surface area contributed by atoms with Crippen LogP contribution in [0.5, 0.6) is 0 Å². The summed E-state index contributed by atoms with van der Waals surface area (Å²) in [6.45, 7) is 1.83. The first-order chi connectivity index (χ1) is 15.4. The van der Waals surface area contributed by atoms with Gasteiger partial charge < -0.3 is 5.32 Å². The van der Waals surface area contributed by atoms with E-state index in [0.717, 1.165) is 16.5 Å². The minimum atomic E-state index is -0.326. The topological polar surface area (TPSA) is 66.5 Å². The van der Waals surface area contributed by atoms with Crippen LogP contribution in [0.25, 0.3) is 0 Å². The molecule has 1 heterocycles. The number of imide groups is 1. The Hall–Kier alpha value is -2.44. The van der Waals surface area contributed by atoms with E-state index in [1.54, 1.807) is 36.4 Å². The molecule has 0 aromatic heterocycles. The summed E-state index contributed by atoms with van der Waals surface area (Å²) in [5.41, 5.74) is 2.19. The minimum absolute atomic E-state index is 0.127. The van der Waals surface area contributed by atoms with E-state index in [9.17, 15) is 14.4 Å². The van der Waals surface area contributed by atoms with Crippen LogP contribution < -0.4 is 10.2 Å². The highest BCUT2D eigenvalue weighted by Gasteiger charge is 2.67. The number of allylic oxidation sites excluding steroid dienone is 2. The van der Waals surface area contributed by atoms with Crippen molar-refractivity contribution in [3.8, 4) is 0 Å². The first-order valence-corrected chi connectivity index (χ1v) is 12.0. The fourth-order valence-corrected chi connectivity index (χ4v) is 6.57. The predicted molar refractivity (Wildman–Crippen MR) is 125 cm³/mol. The lowest BCUT2D eigenvalue weighted by molar-refractivity contribution is -0.124. The van der Waals surface area contributed by atoms with E-state index < -0.39 is 0 Å². The van der Waals surface area contributed by atoms with Crippen molar-refractivity contribution in [2.45, 2.75) is 13.3 Å². The monoisotopic (exact) mass is 510 g/mol. The number of hydrogen-bond acceptors (Lipinski definition) is 3. The number of hydrogen-bond donors (Lipinski definition) is 1. The molecule has 1 aliphatic heterocycles. The molecule has 2 aromatic carbocycles. The third-order valence-electron chi connectivity index (χ3n) is 7.62. The summed E-state index contributed by atoms with van der Waals surface area (Å²) < 4.78 is 0.755. The molecular formula is C25H20BrClN2O3. The highest BCUT2D eigenvalue weighted by atomic mass is 79.9. The van der Waals surface area contributed by atoms with Crippen LogP contribution >= 0.6 is 27.5 Å². The Morgan fingerprint density at radius 2 is 1.72 bits per heavy atom. The molecule has 7 rings (SSSR count). The molecule has 2 saturated carbocycles. The fraction of sp³-hybridized carbons (Fsp3) is 0.320. The molecule has 0 unspecified atom stereocenters. The lowest BCUT2D eigenvalue weighted by Gasteiger charge is -2.37. The van der Waals surface area contributed by atoms with Gasteiger partial charge >= 0.3 is 0 Å². The first kappa shape index (κ1) is 20.2. The Kier molecular flexibility index (Phi) is 4.43. The Morgan fingerprint density at radius 1 is 1.06 bits per heavy atom. The Morgan fingerprint density at radius 3 is 2.38 bits per heavy atom. The molecule has 5 aliphatic rings. The van der Waals surface area contributed by atoms with E-state index in [2.05, 4.69) is 33.4 Å². The zero-order valence-electron chi connectivity index (χ0n) is 17.2. The summed E-state index contributed by atoms with van der Waals surface area (Å²) in [6.07, 6.45) is 5.44. The summed E-state index contributed by atoms with van der Waals surface area (Å²) in [7, 11) is 0. The molecule has 1 N–H and O–H groups in total. The highest BCUT2D eigenvalue weighted by molar-refractivity contribution is 9.10. The number of amides is 3. The molecule has 32 heavy (non-hydrogen) atoms. The quantitative estimate of drug-likeness (QED) is 0.454. The smallest absolute Gasteiger partial charge is 0.255 e. The average Bonchev–Trinajstić information content (AvgIpc) is 3.57. The van der Waals surface area contributed by atoms with Crippen molar-refractivity contribution in [1.29, 1.82) is 0 Å². The van der Waals surface area contributed by atoms with Crippen LogP contribution in [-0.2, 0) is 9.59 Å². The third kappa shape index (κ3) is 2.78. The zero-order valence-corrected chi connectivity index (χ0v) is 19.6. The number of nitrogens with one attached hydrogen (secondary N) is 1. The zero-order chi connectivity index (χ0) is 22.3. The molecule has 2 bridgehead atoms. The molecule has 0 spiro atoms. The van der Waals surface area contributed by atoms with Crippen LogP contribution in [0, 0.1) is 42.4 Å². The summed E-state index contributed by atoms with van der Waals surface area (Å²) in [6, 6.07) is 10.3. The molecule has 7 heteroatoms. The Labute approximate surface area is 198 Å². The number of halogens is 2. The summed E-state index contributed by atoms with van der Waals surface area (Å²) in [5, 5.41) is 3.41. The van der Waals surface area contributed by atoms with Crippen LogP contribution in [0.4, 0.5) is 11.4 Å². The van der Waals surface area contributed by atoms with Gasteiger partial charge in [0.2, 0.25) is 11.8 Å². The highest BCUT2D eigenvalue weighted by Crippen LogP contribution is 2.65. The maximum Gasteiger partial charge on any atom is 0.255 e. The van der Waals surface area contributed by atoms with Crippen LogP contribution in [0.2, 0.25) is 5.02 Å².